The van der Waals surface area contributed by atoms with Crippen molar-refractivity contribution in [2.75, 3.05) is 30.5 Å². The predicted molar refractivity (Wildman–Crippen MR) is 68.4 cm³/mol. The van der Waals surface area contributed by atoms with Gasteiger partial charge < -0.3 is 15.2 Å². The number of anilines is 1. The van der Waals surface area contributed by atoms with Gasteiger partial charge in [0.25, 0.3) is 0 Å². The normalized spacial score (nSPS) is 24.4. The lowest BCUT2D eigenvalue weighted by Crippen LogP contribution is -2.42. The van der Waals surface area contributed by atoms with Crippen molar-refractivity contribution >= 4 is 17.4 Å². The van der Waals surface area contributed by atoms with Gasteiger partial charge in [0.15, 0.2) is 0 Å². The molecule has 0 bridgehead atoms. The Hall–Kier alpha value is -0.870. The van der Waals surface area contributed by atoms with Crippen LogP contribution in [0.5, 0.6) is 5.75 Å². The number of hydrogen-bond donors (Lipinski definition) is 2. The molecular formula is C12H17NO2S. The monoisotopic (exact) mass is 239 g/mol. The minimum absolute atomic E-state index is 0.156. The van der Waals surface area contributed by atoms with Gasteiger partial charge >= 0.3 is 0 Å². The molecule has 1 saturated heterocycles. The molecule has 3 nitrogen and oxygen atoms in total. The highest BCUT2D eigenvalue weighted by atomic mass is 32.2. The Kier molecular flexibility index (Phi) is 3.61. The Morgan fingerprint density at radius 2 is 2.44 bits per heavy atom. The fourth-order valence-electron chi connectivity index (χ4n) is 1.88. The summed E-state index contributed by atoms with van der Waals surface area (Å²) in [4.78, 5) is 0. The van der Waals surface area contributed by atoms with Crippen LogP contribution in [-0.4, -0.2) is 35.9 Å². The van der Waals surface area contributed by atoms with E-state index in [4.69, 9.17) is 4.74 Å². The molecule has 0 radical (unpaired) electrons. The van der Waals surface area contributed by atoms with Crippen LogP contribution in [-0.2, 0) is 0 Å². The third-order valence-corrected chi connectivity index (χ3v) is 4.13. The number of nitrogens with one attached hydrogen (secondary N) is 1. The van der Waals surface area contributed by atoms with Gasteiger partial charge in [-0.25, -0.2) is 0 Å². The number of aliphatic hydroxyl groups excluding tert-OH is 1. The third-order valence-electron chi connectivity index (χ3n) is 2.89. The Labute approximate surface area is 100 Å². The second kappa shape index (κ2) is 4.97. The van der Waals surface area contributed by atoms with Crippen molar-refractivity contribution < 1.29 is 9.84 Å². The minimum atomic E-state index is -0.156. The Bertz CT molecular complexity index is 351. The molecular weight excluding hydrogens is 222 g/mol. The molecule has 0 saturated carbocycles. The molecule has 1 atom stereocenters. The van der Waals surface area contributed by atoms with E-state index in [1.807, 2.05) is 36.0 Å². The highest BCUT2D eigenvalue weighted by Gasteiger charge is 2.33. The van der Waals surface area contributed by atoms with Crippen molar-refractivity contribution in [2.24, 2.45) is 0 Å². The van der Waals surface area contributed by atoms with E-state index in [1.165, 1.54) is 0 Å². The molecule has 88 valence electrons. The van der Waals surface area contributed by atoms with E-state index in [-0.39, 0.29) is 12.1 Å². The van der Waals surface area contributed by atoms with E-state index < -0.39 is 0 Å². The Morgan fingerprint density at radius 1 is 1.56 bits per heavy atom. The quantitative estimate of drug-likeness (QED) is 0.843. The summed E-state index contributed by atoms with van der Waals surface area (Å²) in [6.07, 6.45) is 1.01. The van der Waals surface area contributed by atoms with Crippen LogP contribution in [0.25, 0.3) is 0 Å². The van der Waals surface area contributed by atoms with Crippen LogP contribution in [0.3, 0.4) is 0 Å². The van der Waals surface area contributed by atoms with Crippen molar-refractivity contribution in [1.82, 2.24) is 0 Å². The molecule has 0 spiro atoms. The van der Waals surface area contributed by atoms with E-state index in [0.717, 1.165) is 29.4 Å². The summed E-state index contributed by atoms with van der Waals surface area (Å²) in [6.45, 7) is 0.178. The first-order chi connectivity index (χ1) is 7.78. The first-order valence-corrected chi connectivity index (χ1v) is 6.54. The van der Waals surface area contributed by atoms with Gasteiger partial charge in [0.1, 0.15) is 5.75 Å². The molecule has 1 fully saturated rings. The zero-order valence-corrected chi connectivity index (χ0v) is 10.2. The lowest BCUT2D eigenvalue weighted by molar-refractivity contribution is 0.226. The summed E-state index contributed by atoms with van der Waals surface area (Å²) in [7, 11) is 1.66. The number of rotatable bonds is 4. The molecule has 16 heavy (non-hydrogen) atoms. The van der Waals surface area contributed by atoms with Gasteiger partial charge in [-0.15, -0.1) is 0 Å². The van der Waals surface area contributed by atoms with Crippen LogP contribution in [0.15, 0.2) is 24.3 Å². The van der Waals surface area contributed by atoms with E-state index in [9.17, 15) is 5.11 Å². The molecule has 1 aliphatic heterocycles. The molecule has 1 unspecified atom stereocenters. The van der Waals surface area contributed by atoms with Gasteiger partial charge in [-0.05, 0) is 24.3 Å². The first kappa shape index (κ1) is 11.6. The average molecular weight is 239 g/mol. The van der Waals surface area contributed by atoms with Crippen LogP contribution in [0, 0.1) is 0 Å². The molecule has 0 amide bonds. The summed E-state index contributed by atoms with van der Waals surface area (Å²) in [5.74, 6) is 2.90. The second-order valence-corrected chi connectivity index (χ2v) is 5.20. The highest BCUT2D eigenvalue weighted by molar-refractivity contribution is 7.99. The number of benzene rings is 1. The van der Waals surface area contributed by atoms with Gasteiger partial charge in [-0.2, -0.15) is 11.8 Å². The lowest BCUT2D eigenvalue weighted by atomic mass is 10.00. The van der Waals surface area contributed by atoms with Crippen LogP contribution < -0.4 is 10.1 Å². The topological polar surface area (TPSA) is 41.5 Å². The molecule has 4 heteroatoms. The highest BCUT2D eigenvalue weighted by Crippen LogP contribution is 2.31. The maximum Gasteiger partial charge on any atom is 0.120 e. The van der Waals surface area contributed by atoms with Crippen molar-refractivity contribution in [2.45, 2.75) is 12.0 Å². The summed E-state index contributed by atoms with van der Waals surface area (Å²) < 4.78 is 5.18. The molecule has 1 aliphatic rings. The largest absolute Gasteiger partial charge is 0.497 e. The molecule has 2 N–H and O–H groups in total. The molecule has 1 aromatic rings. The van der Waals surface area contributed by atoms with Crippen molar-refractivity contribution in [1.29, 1.82) is 0 Å². The zero-order chi connectivity index (χ0) is 11.4. The molecule has 1 aromatic carbocycles. The minimum Gasteiger partial charge on any atom is -0.497 e. The van der Waals surface area contributed by atoms with Crippen LogP contribution >= 0.6 is 11.8 Å². The number of methoxy groups -OCH3 is 1. The van der Waals surface area contributed by atoms with E-state index >= 15 is 0 Å². The molecule has 0 aliphatic carbocycles. The summed E-state index contributed by atoms with van der Waals surface area (Å²) >= 11 is 1.88. The maximum absolute atomic E-state index is 9.50. The van der Waals surface area contributed by atoms with Crippen molar-refractivity contribution in [3.63, 3.8) is 0 Å². The fraction of sp³-hybridized carbons (Fsp3) is 0.500. The van der Waals surface area contributed by atoms with E-state index in [1.54, 1.807) is 7.11 Å². The predicted octanol–water partition coefficient (Wildman–Crippen LogP) is 1.98. The smallest absolute Gasteiger partial charge is 0.120 e. The van der Waals surface area contributed by atoms with Crippen molar-refractivity contribution in [3.05, 3.63) is 24.3 Å². The van der Waals surface area contributed by atoms with Crippen molar-refractivity contribution in [3.8, 4) is 5.75 Å². The van der Waals surface area contributed by atoms with E-state index in [0.29, 0.717) is 0 Å². The summed E-state index contributed by atoms with van der Waals surface area (Å²) in [6, 6.07) is 7.83. The van der Waals surface area contributed by atoms with Gasteiger partial charge in [0.2, 0.25) is 0 Å². The zero-order valence-electron chi connectivity index (χ0n) is 9.40. The molecule has 2 rings (SSSR count). The number of hydrogen-bond acceptors (Lipinski definition) is 4. The van der Waals surface area contributed by atoms with Gasteiger partial charge in [-0.1, -0.05) is 6.07 Å². The van der Waals surface area contributed by atoms with Crippen LogP contribution in [0.4, 0.5) is 5.69 Å². The van der Waals surface area contributed by atoms with Crippen LogP contribution in [0.1, 0.15) is 6.42 Å². The molecule has 0 aromatic heterocycles. The Balaban J connectivity index is 2.12. The molecule has 1 heterocycles. The fourth-order valence-corrected chi connectivity index (χ4v) is 3.26. The van der Waals surface area contributed by atoms with Gasteiger partial charge in [-0.3, -0.25) is 0 Å². The van der Waals surface area contributed by atoms with Crippen LogP contribution in [0.2, 0.25) is 0 Å². The summed E-state index contributed by atoms with van der Waals surface area (Å²) in [5.41, 5.74) is 0.854. The summed E-state index contributed by atoms with van der Waals surface area (Å²) in [5, 5.41) is 12.9. The second-order valence-electron chi connectivity index (χ2n) is 4.10. The number of aliphatic hydroxyl groups is 1. The Morgan fingerprint density at radius 3 is 3.06 bits per heavy atom. The lowest BCUT2D eigenvalue weighted by Gasteiger charge is -2.28. The maximum atomic E-state index is 9.50. The number of thioether (sulfide) groups is 1. The average Bonchev–Trinajstić information content (AvgIpc) is 2.78. The van der Waals surface area contributed by atoms with Gasteiger partial charge in [0, 0.05) is 17.5 Å². The number of ether oxygens (including phenoxy) is 1. The van der Waals surface area contributed by atoms with E-state index in [2.05, 4.69) is 5.32 Å². The first-order valence-electron chi connectivity index (χ1n) is 5.39. The standard InChI is InChI=1S/C12H17NO2S/c1-15-11-4-2-3-10(7-11)13-12(8-14)5-6-16-9-12/h2-4,7,13-14H,5-6,8-9H2,1H3. The van der Waals surface area contributed by atoms with Gasteiger partial charge in [0.05, 0.1) is 19.3 Å². The third kappa shape index (κ3) is 2.44. The SMILES string of the molecule is COc1cccc(NC2(CO)CCSC2)c1.